The van der Waals surface area contributed by atoms with E-state index in [1.807, 2.05) is 36.4 Å². The van der Waals surface area contributed by atoms with Gasteiger partial charge in [-0.25, -0.2) is 4.39 Å². The highest BCUT2D eigenvalue weighted by Gasteiger charge is 2.17. The standard InChI is InChI=1S/C15H25NO.C8H7FO2S.C6H6O/c1-13(2)10-11-16(4)14(3)12-17-15-8-6-5-7-9-15;9-7-5(10)1-2-6-8(7)12-4-3-11-6;7-6-4-2-1-3-5-6/h5-9,13-14H,10-12H2,1-4H3;1-2,10H,3-4H2;1-5,7H/t14-;;/m0../s1. The van der Waals surface area contributed by atoms with Gasteiger partial charge in [-0.1, -0.05) is 50.2 Å². The molecule has 0 saturated heterocycles. The molecule has 0 unspecified atom stereocenters. The van der Waals surface area contributed by atoms with Crippen LogP contribution in [-0.4, -0.2) is 53.7 Å². The summed E-state index contributed by atoms with van der Waals surface area (Å²) >= 11 is 1.37. The molecule has 196 valence electrons. The fourth-order valence-electron chi connectivity index (χ4n) is 3.04. The minimum absolute atomic E-state index is 0.313. The fraction of sp³-hybridized carbons (Fsp3) is 0.379. The molecular weight excluding hydrogens is 477 g/mol. The Balaban J connectivity index is 0.000000207. The number of halogens is 1. The Morgan fingerprint density at radius 3 is 2.19 bits per heavy atom. The van der Waals surface area contributed by atoms with Gasteiger partial charge in [-0.2, -0.15) is 0 Å². The molecule has 0 bridgehead atoms. The average Bonchev–Trinajstić information content (AvgIpc) is 2.90. The normalized spacial score (nSPS) is 12.9. The lowest BCUT2D eigenvalue weighted by molar-refractivity contribution is 0.167. The minimum atomic E-state index is -0.572. The zero-order valence-electron chi connectivity index (χ0n) is 21.6. The molecule has 36 heavy (non-hydrogen) atoms. The van der Waals surface area contributed by atoms with E-state index in [1.165, 1.54) is 24.2 Å². The van der Waals surface area contributed by atoms with Crippen molar-refractivity contribution in [1.29, 1.82) is 0 Å². The first kappa shape index (κ1) is 29.3. The smallest absolute Gasteiger partial charge is 0.182 e. The molecule has 7 heteroatoms. The van der Waals surface area contributed by atoms with E-state index in [4.69, 9.17) is 19.7 Å². The largest absolute Gasteiger partial charge is 0.508 e. The van der Waals surface area contributed by atoms with Gasteiger partial charge in [0.2, 0.25) is 0 Å². The number of likely N-dealkylation sites (N-methyl/N-ethyl adjacent to an activating group) is 1. The van der Waals surface area contributed by atoms with Crippen LogP contribution in [0.4, 0.5) is 4.39 Å². The maximum absolute atomic E-state index is 13.1. The van der Waals surface area contributed by atoms with Crippen molar-refractivity contribution in [2.75, 3.05) is 32.6 Å². The summed E-state index contributed by atoms with van der Waals surface area (Å²) in [6.07, 6.45) is 1.24. The number of hydrogen-bond donors (Lipinski definition) is 2. The van der Waals surface area contributed by atoms with Crippen LogP contribution in [0.1, 0.15) is 27.2 Å². The van der Waals surface area contributed by atoms with Gasteiger partial charge in [0.25, 0.3) is 0 Å². The summed E-state index contributed by atoms with van der Waals surface area (Å²) < 4.78 is 24.1. The van der Waals surface area contributed by atoms with Gasteiger partial charge in [-0.05, 0) is 69.3 Å². The van der Waals surface area contributed by atoms with Crippen LogP contribution >= 0.6 is 11.8 Å². The van der Waals surface area contributed by atoms with E-state index in [9.17, 15) is 4.39 Å². The summed E-state index contributed by atoms with van der Waals surface area (Å²) in [5.74, 6) is 2.41. The van der Waals surface area contributed by atoms with Gasteiger partial charge in [0.05, 0.1) is 11.5 Å². The molecule has 1 aliphatic heterocycles. The van der Waals surface area contributed by atoms with Crippen LogP contribution in [0.2, 0.25) is 0 Å². The number of para-hydroxylation sites is 2. The van der Waals surface area contributed by atoms with Crippen molar-refractivity contribution in [3.8, 4) is 23.0 Å². The van der Waals surface area contributed by atoms with Crippen LogP contribution in [0, 0.1) is 11.7 Å². The third-order valence-electron chi connectivity index (χ3n) is 5.43. The van der Waals surface area contributed by atoms with Gasteiger partial charge >= 0.3 is 0 Å². The Morgan fingerprint density at radius 1 is 0.972 bits per heavy atom. The predicted octanol–water partition coefficient (Wildman–Crippen LogP) is 6.84. The van der Waals surface area contributed by atoms with Gasteiger partial charge in [-0.3, -0.25) is 0 Å². The highest BCUT2D eigenvalue weighted by molar-refractivity contribution is 7.99. The van der Waals surface area contributed by atoms with Crippen molar-refractivity contribution in [2.45, 2.75) is 38.1 Å². The Labute approximate surface area is 218 Å². The number of nitrogens with zero attached hydrogens (tertiary/aromatic N) is 1. The molecule has 0 fully saturated rings. The summed E-state index contributed by atoms with van der Waals surface area (Å²) in [7, 11) is 2.17. The van der Waals surface area contributed by atoms with E-state index >= 15 is 0 Å². The third kappa shape index (κ3) is 10.8. The van der Waals surface area contributed by atoms with Crippen molar-refractivity contribution < 1.29 is 24.1 Å². The van der Waals surface area contributed by atoms with E-state index in [-0.39, 0.29) is 5.75 Å². The summed E-state index contributed by atoms with van der Waals surface area (Å²) in [6.45, 7) is 9.22. The monoisotopic (exact) mass is 515 g/mol. The molecule has 0 aromatic heterocycles. The first-order valence-electron chi connectivity index (χ1n) is 12.2. The van der Waals surface area contributed by atoms with Gasteiger partial charge < -0.3 is 24.6 Å². The average molecular weight is 516 g/mol. The van der Waals surface area contributed by atoms with Crippen molar-refractivity contribution in [1.82, 2.24) is 4.90 Å². The second kappa shape index (κ2) is 16.0. The van der Waals surface area contributed by atoms with Crippen molar-refractivity contribution >= 4 is 11.8 Å². The van der Waals surface area contributed by atoms with Crippen LogP contribution in [0.5, 0.6) is 23.0 Å². The lowest BCUT2D eigenvalue weighted by Crippen LogP contribution is -2.35. The lowest BCUT2D eigenvalue weighted by Gasteiger charge is -2.25. The Bertz CT molecular complexity index is 1000. The number of phenols is 2. The summed E-state index contributed by atoms with van der Waals surface area (Å²) in [6, 6.07) is 22.1. The zero-order valence-corrected chi connectivity index (χ0v) is 22.4. The highest BCUT2D eigenvalue weighted by Crippen LogP contribution is 2.38. The summed E-state index contributed by atoms with van der Waals surface area (Å²) in [5.41, 5.74) is 0. The minimum Gasteiger partial charge on any atom is -0.508 e. The molecule has 1 heterocycles. The number of hydrogen-bond acceptors (Lipinski definition) is 6. The Hall–Kier alpha value is -2.90. The third-order valence-corrected chi connectivity index (χ3v) is 6.47. The first-order chi connectivity index (χ1) is 17.3. The molecule has 0 spiro atoms. The SMILES string of the molecule is CC(C)CCN(C)[C@@H](C)COc1ccccc1.Oc1ccc2c(c1F)SCCO2.Oc1ccccc1. The van der Waals surface area contributed by atoms with Gasteiger partial charge in [0, 0.05) is 11.8 Å². The number of thioether (sulfide) groups is 1. The van der Waals surface area contributed by atoms with Crippen molar-refractivity contribution in [2.24, 2.45) is 5.92 Å². The van der Waals surface area contributed by atoms with Crippen LogP contribution in [-0.2, 0) is 0 Å². The first-order valence-corrected chi connectivity index (χ1v) is 13.2. The Kier molecular flexibility index (Phi) is 13.0. The molecule has 0 saturated carbocycles. The quantitative estimate of drug-likeness (QED) is 0.359. The van der Waals surface area contributed by atoms with Crippen LogP contribution in [0.15, 0.2) is 77.7 Å². The predicted molar refractivity (Wildman–Crippen MR) is 146 cm³/mol. The molecule has 0 radical (unpaired) electrons. The maximum atomic E-state index is 13.1. The van der Waals surface area contributed by atoms with Gasteiger partial charge in [-0.15, -0.1) is 11.8 Å². The molecule has 0 aliphatic carbocycles. The summed E-state index contributed by atoms with van der Waals surface area (Å²) in [4.78, 5) is 2.78. The van der Waals surface area contributed by atoms with Crippen LogP contribution in [0.25, 0.3) is 0 Å². The van der Waals surface area contributed by atoms with Crippen molar-refractivity contribution in [3.63, 3.8) is 0 Å². The van der Waals surface area contributed by atoms with Crippen LogP contribution < -0.4 is 9.47 Å². The zero-order chi connectivity index (χ0) is 26.3. The topological polar surface area (TPSA) is 62.2 Å². The molecule has 4 rings (SSSR count). The molecule has 3 aromatic carbocycles. The van der Waals surface area contributed by atoms with Crippen LogP contribution in [0.3, 0.4) is 0 Å². The molecule has 1 atom stereocenters. The van der Waals surface area contributed by atoms with E-state index < -0.39 is 5.82 Å². The number of fused-ring (bicyclic) bond motifs is 1. The van der Waals surface area contributed by atoms with E-state index in [2.05, 4.69) is 32.7 Å². The highest BCUT2D eigenvalue weighted by atomic mass is 32.2. The lowest BCUT2D eigenvalue weighted by atomic mass is 10.1. The second-order valence-corrected chi connectivity index (χ2v) is 10.00. The molecule has 3 aromatic rings. The molecular formula is C29H38FNO4S. The number of benzene rings is 3. The Morgan fingerprint density at radius 2 is 1.61 bits per heavy atom. The van der Waals surface area contributed by atoms with Gasteiger partial charge in [0.15, 0.2) is 11.6 Å². The number of aromatic hydroxyl groups is 2. The number of phenolic OH excluding ortho intramolecular Hbond substituents is 2. The second-order valence-electron chi connectivity index (χ2n) is 8.89. The molecule has 1 aliphatic rings. The van der Waals surface area contributed by atoms with E-state index in [1.54, 1.807) is 30.3 Å². The molecule has 2 N–H and O–H groups in total. The van der Waals surface area contributed by atoms with Gasteiger partial charge in [0.1, 0.15) is 23.9 Å². The summed E-state index contributed by atoms with van der Waals surface area (Å²) in [5, 5.41) is 17.7. The molecule has 0 amide bonds. The van der Waals surface area contributed by atoms with E-state index in [0.717, 1.165) is 30.6 Å². The fourth-order valence-corrected chi connectivity index (χ4v) is 3.91. The molecule has 5 nitrogen and oxygen atoms in total. The van der Waals surface area contributed by atoms with E-state index in [0.29, 0.717) is 29.0 Å². The van der Waals surface area contributed by atoms with Crippen molar-refractivity contribution in [3.05, 3.63) is 78.6 Å². The maximum Gasteiger partial charge on any atom is 0.182 e. The number of ether oxygens (including phenoxy) is 2. The number of rotatable bonds is 7.